The summed E-state index contributed by atoms with van der Waals surface area (Å²) in [6, 6.07) is 0. The molecular weight excluding hydrogens is 408 g/mol. The molecular formula is C34H64. The first-order valence-corrected chi connectivity index (χ1v) is 16.8. The summed E-state index contributed by atoms with van der Waals surface area (Å²) in [6.45, 7) is 4.65. The van der Waals surface area contributed by atoms with Gasteiger partial charge in [0.2, 0.25) is 0 Å². The molecule has 0 spiro atoms. The molecule has 0 heteroatoms. The molecule has 0 radical (unpaired) electrons. The third-order valence-electron chi connectivity index (χ3n) is 10.7. The SMILES string of the molecule is CCCCCCCCCCC1CCC2C(CCC3CC(CCCCCCCCCC)CCC32)C1. The maximum absolute atomic E-state index is 2.32. The molecule has 0 aromatic rings. The first kappa shape index (κ1) is 28.6. The topological polar surface area (TPSA) is 0 Å². The fourth-order valence-corrected chi connectivity index (χ4v) is 8.65. The standard InChI is InChI=1S/C34H64/c1-3-5-7-9-11-13-15-17-19-29-21-25-33-31(27-29)23-24-32-28-30(22-26-34(32)33)20-18-16-14-12-10-8-6-4-2/h29-34H,3-28H2,1-2H3. The van der Waals surface area contributed by atoms with E-state index in [1.165, 1.54) is 103 Å². The van der Waals surface area contributed by atoms with Crippen LogP contribution in [0.1, 0.15) is 181 Å². The largest absolute Gasteiger partial charge is 0.0654 e. The van der Waals surface area contributed by atoms with E-state index >= 15 is 0 Å². The van der Waals surface area contributed by atoms with E-state index in [1.54, 1.807) is 64.2 Å². The summed E-state index contributed by atoms with van der Waals surface area (Å²) < 4.78 is 0. The molecule has 0 amide bonds. The van der Waals surface area contributed by atoms with Gasteiger partial charge >= 0.3 is 0 Å². The molecule has 0 aromatic heterocycles. The van der Waals surface area contributed by atoms with E-state index in [0.29, 0.717) is 0 Å². The Labute approximate surface area is 216 Å². The summed E-state index contributed by atoms with van der Waals surface area (Å²) in [6.07, 6.45) is 39.6. The highest BCUT2D eigenvalue weighted by atomic mass is 14.5. The molecule has 3 rings (SSSR count). The van der Waals surface area contributed by atoms with Gasteiger partial charge < -0.3 is 0 Å². The van der Waals surface area contributed by atoms with Crippen molar-refractivity contribution in [1.29, 1.82) is 0 Å². The first-order valence-electron chi connectivity index (χ1n) is 16.8. The Hall–Kier alpha value is 0. The third kappa shape index (κ3) is 10.2. The second kappa shape index (κ2) is 17.5. The van der Waals surface area contributed by atoms with Gasteiger partial charge in [0.1, 0.15) is 0 Å². The van der Waals surface area contributed by atoms with Gasteiger partial charge in [0.15, 0.2) is 0 Å². The second-order valence-corrected chi connectivity index (χ2v) is 13.3. The van der Waals surface area contributed by atoms with E-state index in [2.05, 4.69) is 13.8 Å². The van der Waals surface area contributed by atoms with Crippen LogP contribution in [0.3, 0.4) is 0 Å². The average Bonchev–Trinajstić information content (AvgIpc) is 2.87. The molecule has 3 fully saturated rings. The highest BCUT2D eigenvalue weighted by Gasteiger charge is 2.44. The zero-order valence-electron chi connectivity index (χ0n) is 23.8. The third-order valence-corrected chi connectivity index (χ3v) is 10.7. The van der Waals surface area contributed by atoms with Crippen molar-refractivity contribution >= 4 is 0 Å². The van der Waals surface area contributed by atoms with E-state index < -0.39 is 0 Å². The van der Waals surface area contributed by atoms with Gasteiger partial charge in [-0.2, -0.15) is 0 Å². The van der Waals surface area contributed by atoms with E-state index in [9.17, 15) is 0 Å². The zero-order chi connectivity index (χ0) is 23.8. The molecule has 0 aliphatic heterocycles. The lowest BCUT2D eigenvalue weighted by atomic mass is 9.55. The number of fused-ring (bicyclic) bond motifs is 3. The van der Waals surface area contributed by atoms with Crippen LogP contribution in [0.25, 0.3) is 0 Å². The monoisotopic (exact) mass is 473 g/mol. The Morgan fingerprint density at radius 3 is 1.12 bits per heavy atom. The predicted octanol–water partition coefficient (Wildman–Crippen LogP) is 11.9. The van der Waals surface area contributed by atoms with Gasteiger partial charge in [-0.1, -0.05) is 142 Å². The lowest BCUT2D eigenvalue weighted by Gasteiger charge is -2.51. The summed E-state index contributed by atoms with van der Waals surface area (Å²) in [7, 11) is 0. The van der Waals surface area contributed by atoms with Crippen LogP contribution in [0.4, 0.5) is 0 Å². The van der Waals surface area contributed by atoms with E-state index in [1.807, 2.05) is 0 Å². The molecule has 34 heavy (non-hydrogen) atoms. The highest BCUT2D eigenvalue weighted by molar-refractivity contribution is 4.94. The Morgan fingerprint density at radius 1 is 0.382 bits per heavy atom. The summed E-state index contributed by atoms with van der Waals surface area (Å²) in [5, 5.41) is 0. The normalized spacial score (nSPS) is 31.2. The molecule has 3 aliphatic rings. The van der Waals surface area contributed by atoms with Gasteiger partial charge in [-0.25, -0.2) is 0 Å². The smallest absolute Gasteiger partial charge is 0.0355 e. The lowest BCUT2D eigenvalue weighted by Crippen LogP contribution is -2.41. The van der Waals surface area contributed by atoms with Crippen molar-refractivity contribution in [1.82, 2.24) is 0 Å². The van der Waals surface area contributed by atoms with Gasteiger partial charge in [-0.3, -0.25) is 0 Å². The van der Waals surface area contributed by atoms with Crippen molar-refractivity contribution in [2.75, 3.05) is 0 Å². The zero-order valence-corrected chi connectivity index (χ0v) is 23.8. The van der Waals surface area contributed by atoms with Crippen LogP contribution < -0.4 is 0 Å². The van der Waals surface area contributed by atoms with Crippen LogP contribution >= 0.6 is 0 Å². The highest BCUT2D eigenvalue weighted by Crippen LogP contribution is 2.54. The van der Waals surface area contributed by atoms with Gasteiger partial charge in [-0.15, -0.1) is 0 Å². The summed E-state index contributed by atoms with van der Waals surface area (Å²) in [4.78, 5) is 0. The van der Waals surface area contributed by atoms with Gasteiger partial charge in [-0.05, 0) is 74.0 Å². The Balaban J connectivity index is 1.23. The lowest BCUT2D eigenvalue weighted by molar-refractivity contribution is -0.00461. The van der Waals surface area contributed by atoms with Crippen molar-refractivity contribution in [3.63, 3.8) is 0 Å². The number of hydrogen-bond acceptors (Lipinski definition) is 0. The van der Waals surface area contributed by atoms with Crippen molar-refractivity contribution in [2.45, 2.75) is 181 Å². The van der Waals surface area contributed by atoms with Gasteiger partial charge in [0.05, 0.1) is 0 Å². The number of rotatable bonds is 18. The van der Waals surface area contributed by atoms with Crippen molar-refractivity contribution in [3.8, 4) is 0 Å². The molecule has 3 saturated carbocycles. The number of unbranched alkanes of at least 4 members (excludes halogenated alkanes) is 14. The minimum absolute atomic E-state index is 1.09. The Bertz CT molecular complexity index is 436. The van der Waals surface area contributed by atoms with Crippen LogP contribution in [0.2, 0.25) is 0 Å². The quantitative estimate of drug-likeness (QED) is 0.174. The fraction of sp³-hybridized carbons (Fsp3) is 1.00. The second-order valence-electron chi connectivity index (χ2n) is 13.3. The van der Waals surface area contributed by atoms with E-state index in [4.69, 9.17) is 0 Å². The maximum atomic E-state index is 2.32. The minimum atomic E-state index is 1.09. The molecule has 200 valence electrons. The molecule has 0 N–H and O–H groups in total. The molecule has 6 unspecified atom stereocenters. The fourth-order valence-electron chi connectivity index (χ4n) is 8.65. The average molecular weight is 473 g/mol. The Kier molecular flexibility index (Phi) is 14.7. The molecule has 6 atom stereocenters. The Morgan fingerprint density at radius 2 is 0.735 bits per heavy atom. The van der Waals surface area contributed by atoms with E-state index in [0.717, 1.165) is 35.5 Å². The molecule has 0 heterocycles. The van der Waals surface area contributed by atoms with E-state index in [-0.39, 0.29) is 0 Å². The first-order chi connectivity index (χ1) is 16.8. The maximum Gasteiger partial charge on any atom is -0.0355 e. The predicted molar refractivity (Wildman–Crippen MR) is 152 cm³/mol. The van der Waals surface area contributed by atoms with Gasteiger partial charge in [0, 0.05) is 0 Å². The van der Waals surface area contributed by atoms with Crippen molar-refractivity contribution in [2.24, 2.45) is 35.5 Å². The molecule has 0 nitrogen and oxygen atoms in total. The molecule has 0 saturated heterocycles. The molecule has 0 bridgehead atoms. The van der Waals surface area contributed by atoms with Crippen LogP contribution in [0.5, 0.6) is 0 Å². The van der Waals surface area contributed by atoms with Crippen LogP contribution in [0, 0.1) is 35.5 Å². The number of hydrogen-bond donors (Lipinski definition) is 0. The molecule has 0 aromatic carbocycles. The van der Waals surface area contributed by atoms with Crippen molar-refractivity contribution < 1.29 is 0 Å². The summed E-state index contributed by atoms with van der Waals surface area (Å²) in [5.74, 6) is 6.71. The summed E-state index contributed by atoms with van der Waals surface area (Å²) >= 11 is 0. The van der Waals surface area contributed by atoms with Crippen LogP contribution in [-0.4, -0.2) is 0 Å². The van der Waals surface area contributed by atoms with Crippen LogP contribution in [0.15, 0.2) is 0 Å². The minimum Gasteiger partial charge on any atom is -0.0654 e. The van der Waals surface area contributed by atoms with Crippen molar-refractivity contribution in [3.05, 3.63) is 0 Å². The van der Waals surface area contributed by atoms with Gasteiger partial charge in [0.25, 0.3) is 0 Å². The summed E-state index contributed by atoms with van der Waals surface area (Å²) in [5.41, 5.74) is 0. The van der Waals surface area contributed by atoms with Crippen LogP contribution in [-0.2, 0) is 0 Å². The molecule has 3 aliphatic carbocycles.